The number of H-pyrrole nitrogens is 1. The fraction of sp³-hybridized carbons (Fsp3) is 0. The summed E-state index contributed by atoms with van der Waals surface area (Å²) in [6.45, 7) is 0. The Hall–Kier alpha value is -1.08. The quantitative estimate of drug-likeness (QED) is 0.555. The van der Waals surface area contributed by atoms with Crippen LogP contribution in [0.5, 0.6) is 0 Å². The monoisotopic (exact) mass is 333 g/mol. The molecule has 7 heteroatoms. The molecule has 1 aromatic heterocycles. The molecule has 1 aromatic carbocycles. The minimum Gasteiger partial charge on any atom is -0.336 e. The van der Waals surface area contributed by atoms with E-state index in [4.69, 9.17) is 5.84 Å². The topological polar surface area (TPSA) is 80.9 Å². The third-order valence-electron chi connectivity index (χ3n) is 1.95. The van der Waals surface area contributed by atoms with E-state index in [9.17, 15) is 9.59 Å². The summed E-state index contributed by atoms with van der Waals surface area (Å²) in [6, 6.07) is 3.40. The second-order valence-corrected chi connectivity index (χ2v) is 4.68. The van der Waals surface area contributed by atoms with Crippen LogP contribution in [0.1, 0.15) is 0 Å². The van der Waals surface area contributed by atoms with Gasteiger partial charge in [0.1, 0.15) is 0 Å². The van der Waals surface area contributed by atoms with Gasteiger partial charge in [0.05, 0.1) is 11.0 Å². The molecule has 0 saturated carbocycles. The second kappa shape index (κ2) is 3.49. The van der Waals surface area contributed by atoms with E-state index < -0.39 is 11.1 Å². The number of rotatable bonds is 0. The van der Waals surface area contributed by atoms with Gasteiger partial charge in [-0.05, 0) is 28.1 Å². The Kier molecular flexibility index (Phi) is 2.43. The summed E-state index contributed by atoms with van der Waals surface area (Å²) in [7, 11) is 0. The molecule has 0 spiro atoms. The lowest BCUT2D eigenvalue weighted by Gasteiger charge is -2.05. The smallest absolute Gasteiger partial charge is 0.334 e. The molecule has 1 heterocycles. The Balaban J connectivity index is 3.12. The zero-order valence-corrected chi connectivity index (χ0v) is 10.4. The predicted octanol–water partition coefficient (Wildman–Crippen LogP) is 0.929. The number of fused-ring (bicyclic) bond motifs is 1. The van der Waals surface area contributed by atoms with Crippen molar-refractivity contribution in [2.75, 3.05) is 5.84 Å². The van der Waals surface area contributed by atoms with Gasteiger partial charge in [-0.2, -0.15) is 0 Å². The molecule has 0 saturated heterocycles. The van der Waals surface area contributed by atoms with Crippen LogP contribution >= 0.6 is 31.9 Å². The largest absolute Gasteiger partial charge is 0.336 e. The third-order valence-corrected chi connectivity index (χ3v) is 3.03. The minimum absolute atomic E-state index is 0.445. The summed E-state index contributed by atoms with van der Waals surface area (Å²) in [5.74, 6) is 5.50. The highest BCUT2D eigenvalue weighted by molar-refractivity contribution is 9.11. The molecule has 5 nitrogen and oxygen atoms in total. The van der Waals surface area contributed by atoms with Gasteiger partial charge in [0.25, 0.3) is 0 Å². The molecule has 15 heavy (non-hydrogen) atoms. The Morgan fingerprint density at radius 3 is 2.60 bits per heavy atom. The number of benzene rings is 1. The van der Waals surface area contributed by atoms with Gasteiger partial charge in [-0.3, -0.25) is 9.59 Å². The van der Waals surface area contributed by atoms with Crippen molar-refractivity contribution < 1.29 is 0 Å². The van der Waals surface area contributed by atoms with Crippen LogP contribution in [0.15, 0.2) is 30.7 Å². The number of halogens is 2. The number of nitrogens with two attached hydrogens (primary N) is 1. The highest BCUT2D eigenvalue weighted by Gasteiger charge is 2.08. The first-order valence-electron chi connectivity index (χ1n) is 3.90. The van der Waals surface area contributed by atoms with Crippen molar-refractivity contribution in [2.24, 2.45) is 0 Å². The Morgan fingerprint density at radius 2 is 1.93 bits per heavy atom. The van der Waals surface area contributed by atoms with Crippen molar-refractivity contribution in [3.63, 3.8) is 0 Å². The molecule has 0 unspecified atom stereocenters. The molecule has 0 bridgehead atoms. The van der Waals surface area contributed by atoms with Crippen molar-refractivity contribution in [1.29, 1.82) is 0 Å². The predicted molar refractivity (Wildman–Crippen MR) is 64.4 cm³/mol. The van der Waals surface area contributed by atoms with Crippen molar-refractivity contribution in [1.82, 2.24) is 9.66 Å². The number of aromatic amines is 1. The molecule has 0 fully saturated rings. The average Bonchev–Trinajstić information content (AvgIpc) is 2.17. The van der Waals surface area contributed by atoms with Gasteiger partial charge in [0.2, 0.25) is 0 Å². The number of aromatic nitrogens is 2. The van der Waals surface area contributed by atoms with Gasteiger partial charge >= 0.3 is 11.1 Å². The molecule has 0 aliphatic heterocycles. The highest BCUT2D eigenvalue weighted by Crippen LogP contribution is 2.24. The molecule has 0 radical (unpaired) electrons. The maximum atomic E-state index is 11.3. The van der Waals surface area contributed by atoms with E-state index in [1.165, 1.54) is 0 Å². The van der Waals surface area contributed by atoms with E-state index in [0.29, 0.717) is 15.5 Å². The standard InChI is InChI=1S/C8H5Br2N3O2/c9-3-1-4(10)6-5(2-3)13(11)8(15)7(14)12-6/h1-2H,11H2,(H,12,14). The normalized spacial score (nSPS) is 10.8. The van der Waals surface area contributed by atoms with E-state index in [1.807, 2.05) is 0 Å². The lowest BCUT2D eigenvalue weighted by molar-refractivity contribution is 0.941. The summed E-state index contributed by atoms with van der Waals surface area (Å²) in [5, 5.41) is 0. The van der Waals surface area contributed by atoms with E-state index in [-0.39, 0.29) is 0 Å². The van der Waals surface area contributed by atoms with Gasteiger partial charge in [-0.1, -0.05) is 15.9 Å². The first kappa shape index (κ1) is 10.4. The van der Waals surface area contributed by atoms with Crippen LogP contribution in [-0.4, -0.2) is 9.66 Å². The zero-order valence-electron chi connectivity index (χ0n) is 7.25. The van der Waals surface area contributed by atoms with Crippen molar-refractivity contribution >= 4 is 42.9 Å². The van der Waals surface area contributed by atoms with Gasteiger partial charge in [0, 0.05) is 8.95 Å². The Bertz CT molecular complexity index is 659. The Morgan fingerprint density at radius 1 is 1.27 bits per heavy atom. The van der Waals surface area contributed by atoms with Gasteiger partial charge in [-0.25, -0.2) is 4.68 Å². The number of hydrogen-bond acceptors (Lipinski definition) is 3. The summed E-state index contributed by atoms with van der Waals surface area (Å²) >= 11 is 6.54. The van der Waals surface area contributed by atoms with Crippen molar-refractivity contribution in [3.8, 4) is 0 Å². The van der Waals surface area contributed by atoms with Crippen LogP contribution in [0, 0.1) is 0 Å². The molecule has 78 valence electrons. The number of hydrogen-bond donors (Lipinski definition) is 2. The van der Waals surface area contributed by atoms with Crippen molar-refractivity contribution in [3.05, 3.63) is 41.8 Å². The molecule has 3 N–H and O–H groups in total. The van der Waals surface area contributed by atoms with Gasteiger partial charge < -0.3 is 10.8 Å². The van der Waals surface area contributed by atoms with E-state index in [0.717, 1.165) is 9.15 Å². The van der Waals surface area contributed by atoms with E-state index in [2.05, 4.69) is 36.8 Å². The number of nitrogens with one attached hydrogen (secondary N) is 1. The fourth-order valence-corrected chi connectivity index (χ4v) is 2.56. The average molecular weight is 335 g/mol. The molecule has 2 rings (SSSR count). The van der Waals surface area contributed by atoms with Gasteiger partial charge in [-0.15, -0.1) is 0 Å². The summed E-state index contributed by atoms with van der Waals surface area (Å²) in [5.41, 5.74) is -0.591. The fourth-order valence-electron chi connectivity index (χ4n) is 1.26. The third kappa shape index (κ3) is 1.61. The first-order valence-corrected chi connectivity index (χ1v) is 5.48. The number of nitrogen functional groups attached to an aromatic ring is 1. The molecule has 0 amide bonds. The van der Waals surface area contributed by atoms with E-state index >= 15 is 0 Å². The maximum Gasteiger partial charge on any atom is 0.334 e. The SMILES string of the molecule is Nn1c(=O)c(=O)[nH]c2c(Br)cc(Br)cc21. The first-order chi connectivity index (χ1) is 7.00. The lowest BCUT2D eigenvalue weighted by Crippen LogP contribution is -2.40. The summed E-state index contributed by atoms with van der Waals surface area (Å²) in [6.07, 6.45) is 0. The molecular formula is C8H5Br2N3O2. The molecule has 2 aromatic rings. The maximum absolute atomic E-state index is 11.3. The molecule has 0 aliphatic rings. The van der Waals surface area contributed by atoms with E-state index in [1.54, 1.807) is 12.1 Å². The second-order valence-electron chi connectivity index (χ2n) is 2.91. The zero-order chi connectivity index (χ0) is 11.2. The van der Waals surface area contributed by atoms with Crippen LogP contribution in [-0.2, 0) is 0 Å². The highest BCUT2D eigenvalue weighted by atomic mass is 79.9. The summed E-state index contributed by atoms with van der Waals surface area (Å²) in [4.78, 5) is 24.9. The van der Waals surface area contributed by atoms with Crippen LogP contribution in [0.4, 0.5) is 0 Å². The number of nitrogens with zero attached hydrogens (tertiary/aromatic N) is 1. The molecule has 0 aliphatic carbocycles. The minimum atomic E-state index is -0.785. The van der Waals surface area contributed by atoms with Gasteiger partial charge in [0.15, 0.2) is 0 Å². The Labute approximate surface area is 100 Å². The van der Waals surface area contributed by atoms with Crippen LogP contribution in [0.25, 0.3) is 11.0 Å². The molecular weight excluding hydrogens is 330 g/mol. The summed E-state index contributed by atoms with van der Waals surface area (Å²) < 4.78 is 2.24. The lowest BCUT2D eigenvalue weighted by atomic mass is 10.3. The van der Waals surface area contributed by atoms with Crippen LogP contribution in [0.2, 0.25) is 0 Å². The van der Waals surface area contributed by atoms with Crippen LogP contribution in [0.3, 0.4) is 0 Å². The van der Waals surface area contributed by atoms with Crippen LogP contribution < -0.4 is 17.0 Å². The van der Waals surface area contributed by atoms with Crippen molar-refractivity contribution in [2.45, 2.75) is 0 Å². The molecule has 0 atom stereocenters.